The predicted molar refractivity (Wildman–Crippen MR) is 76.0 cm³/mol. The van der Waals surface area contributed by atoms with Gasteiger partial charge in [0, 0.05) is 18.8 Å². The predicted octanol–water partition coefficient (Wildman–Crippen LogP) is 1.29. The highest BCUT2D eigenvalue weighted by atomic mass is 35.5. The van der Waals surface area contributed by atoms with Crippen molar-refractivity contribution < 1.29 is 0 Å². The lowest BCUT2D eigenvalue weighted by atomic mass is 10.3. The molecule has 0 bridgehead atoms. The molecule has 2 heterocycles. The van der Waals surface area contributed by atoms with Crippen molar-refractivity contribution in [1.82, 2.24) is 29.7 Å². The van der Waals surface area contributed by atoms with E-state index in [0.717, 1.165) is 5.75 Å². The first-order chi connectivity index (χ1) is 9.11. The molecule has 2 rings (SSSR count). The van der Waals surface area contributed by atoms with Gasteiger partial charge < -0.3 is 4.90 Å². The minimum absolute atomic E-state index is 0.138. The Morgan fingerprint density at radius 2 is 2.21 bits per heavy atom. The van der Waals surface area contributed by atoms with E-state index < -0.39 is 0 Å². The van der Waals surface area contributed by atoms with Gasteiger partial charge in [-0.1, -0.05) is 0 Å². The van der Waals surface area contributed by atoms with Gasteiger partial charge in [0.05, 0.1) is 0 Å². The number of thioether (sulfide) groups is 1. The van der Waals surface area contributed by atoms with Crippen LogP contribution in [0.1, 0.15) is 6.92 Å². The minimum Gasteiger partial charge on any atom is -0.340 e. The van der Waals surface area contributed by atoms with E-state index in [4.69, 9.17) is 11.6 Å². The first-order valence-electron chi connectivity index (χ1n) is 5.60. The Morgan fingerprint density at radius 3 is 2.84 bits per heavy atom. The van der Waals surface area contributed by atoms with E-state index in [1.807, 2.05) is 11.9 Å². The molecule has 2 aromatic rings. The molecule has 0 aromatic carbocycles. The second-order valence-electron chi connectivity index (χ2n) is 3.96. The molecule has 0 aliphatic carbocycles. The molecule has 0 aliphatic heterocycles. The fourth-order valence-corrected chi connectivity index (χ4v) is 2.31. The standard InChI is InChI=1S/C10H14ClN7S/c1-7(4-19-3)17(2)9-14-8(11)15-10(16-9)18-6-12-5-13-18/h5-7H,4H2,1-3H3. The first kappa shape index (κ1) is 14.0. The lowest BCUT2D eigenvalue weighted by molar-refractivity contribution is 0.718. The summed E-state index contributed by atoms with van der Waals surface area (Å²) in [5.41, 5.74) is 0. The fraction of sp³-hybridized carbons (Fsp3) is 0.500. The number of halogens is 1. The van der Waals surface area contributed by atoms with E-state index in [9.17, 15) is 0 Å². The molecule has 0 spiro atoms. The summed E-state index contributed by atoms with van der Waals surface area (Å²) in [4.78, 5) is 18.4. The summed E-state index contributed by atoms with van der Waals surface area (Å²) >= 11 is 7.70. The highest BCUT2D eigenvalue weighted by molar-refractivity contribution is 7.98. The number of rotatable bonds is 5. The van der Waals surface area contributed by atoms with Crippen LogP contribution in [0.15, 0.2) is 12.7 Å². The molecule has 9 heteroatoms. The Morgan fingerprint density at radius 1 is 1.42 bits per heavy atom. The molecule has 0 radical (unpaired) electrons. The maximum atomic E-state index is 5.94. The van der Waals surface area contributed by atoms with Gasteiger partial charge in [-0.2, -0.15) is 36.5 Å². The topological polar surface area (TPSA) is 72.6 Å². The number of anilines is 1. The lowest BCUT2D eigenvalue weighted by Crippen LogP contribution is -2.32. The van der Waals surface area contributed by atoms with Gasteiger partial charge in [-0.15, -0.1) is 0 Å². The Bertz CT molecular complexity index is 533. The minimum atomic E-state index is 0.138. The van der Waals surface area contributed by atoms with Crippen molar-refractivity contribution in [3.63, 3.8) is 0 Å². The highest BCUT2D eigenvalue weighted by Gasteiger charge is 2.15. The summed E-state index contributed by atoms with van der Waals surface area (Å²) in [5.74, 6) is 1.85. The van der Waals surface area contributed by atoms with Crippen LogP contribution in [-0.4, -0.2) is 54.8 Å². The summed E-state index contributed by atoms with van der Waals surface area (Å²) in [6.07, 6.45) is 4.99. The molecule has 2 aromatic heterocycles. The Hall–Kier alpha value is -1.41. The fourth-order valence-electron chi connectivity index (χ4n) is 1.45. The second kappa shape index (κ2) is 6.16. The van der Waals surface area contributed by atoms with Crippen molar-refractivity contribution in [3.05, 3.63) is 17.9 Å². The van der Waals surface area contributed by atoms with Crippen LogP contribution >= 0.6 is 23.4 Å². The summed E-state index contributed by atoms with van der Waals surface area (Å²) < 4.78 is 1.45. The Kier molecular flexibility index (Phi) is 4.54. The van der Waals surface area contributed by atoms with Gasteiger partial charge in [0.15, 0.2) is 0 Å². The molecular formula is C10H14ClN7S. The van der Waals surface area contributed by atoms with Gasteiger partial charge in [-0.3, -0.25) is 0 Å². The van der Waals surface area contributed by atoms with Crippen LogP contribution in [0.2, 0.25) is 5.28 Å². The summed E-state index contributed by atoms with van der Waals surface area (Å²) in [7, 11) is 1.93. The molecule has 0 aliphatic rings. The molecule has 0 saturated heterocycles. The van der Waals surface area contributed by atoms with Crippen LogP contribution in [0.4, 0.5) is 5.95 Å². The molecule has 0 amide bonds. The van der Waals surface area contributed by atoms with Crippen LogP contribution in [-0.2, 0) is 0 Å². The van der Waals surface area contributed by atoms with Crippen LogP contribution < -0.4 is 4.90 Å². The Balaban J connectivity index is 2.31. The average molecular weight is 300 g/mol. The van der Waals surface area contributed by atoms with E-state index >= 15 is 0 Å². The largest absolute Gasteiger partial charge is 0.340 e. The third-order valence-corrected chi connectivity index (χ3v) is 3.58. The van der Waals surface area contributed by atoms with E-state index in [1.165, 1.54) is 17.3 Å². The third kappa shape index (κ3) is 3.32. The lowest BCUT2D eigenvalue weighted by Gasteiger charge is -2.24. The van der Waals surface area contributed by atoms with Crippen LogP contribution in [0.5, 0.6) is 0 Å². The molecule has 0 fully saturated rings. The maximum Gasteiger partial charge on any atom is 0.258 e. The van der Waals surface area contributed by atoms with Crippen molar-refractivity contribution in [1.29, 1.82) is 0 Å². The van der Waals surface area contributed by atoms with Gasteiger partial charge in [0.25, 0.3) is 5.95 Å². The molecular weight excluding hydrogens is 286 g/mol. The molecule has 7 nitrogen and oxygen atoms in total. The van der Waals surface area contributed by atoms with Gasteiger partial charge in [0.2, 0.25) is 11.2 Å². The zero-order valence-electron chi connectivity index (χ0n) is 10.9. The third-order valence-electron chi connectivity index (χ3n) is 2.59. The van der Waals surface area contributed by atoms with Gasteiger partial charge in [0.1, 0.15) is 12.7 Å². The van der Waals surface area contributed by atoms with Crippen LogP contribution in [0.3, 0.4) is 0 Å². The van der Waals surface area contributed by atoms with Crippen LogP contribution in [0, 0.1) is 0 Å². The van der Waals surface area contributed by atoms with Crippen molar-refractivity contribution in [2.45, 2.75) is 13.0 Å². The van der Waals surface area contributed by atoms with E-state index in [2.05, 4.69) is 38.2 Å². The summed E-state index contributed by atoms with van der Waals surface area (Å²) in [6, 6.07) is 0.289. The summed E-state index contributed by atoms with van der Waals surface area (Å²) in [6.45, 7) is 2.10. The molecule has 0 saturated carbocycles. The molecule has 1 atom stereocenters. The van der Waals surface area contributed by atoms with E-state index in [-0.39, 0.29) is 11.3 Å². The molecule has 1 unspecified atom stereocenters. The van der Waals surface area contributed by atoms with Crippen molar-refractivity contribution in [2.24, 2.45) is 0 Å². The number of hydrogen-bond donors (Lipinski definition) is 0. The zero-order valence-corrected chi connectivity index (χ0v) is 12.4. The molecule has 102 valence electrons. The number of hydrogen-bond acceptors (Lipinski definition) is 7. The van der Waals surface area contributed by atoms with Crippen molar-refractivity contribution >= 4 is 29.3 Å². The van der Waals surface area contributed by atoms with Gasteiger partial charge in [-0.25, -0.2) is 4.98 Å². The molecule has 0 N–H and O–H groups in total. The van der Waals surface area contributed by atoms with Crippen molar-refractivity contribution in [2.75, 3.05) is 24.0 Å². The normalized spacial score (nSPS) is 12.4. The zero-order chi connectivity index (χ0) is 13.8. The maximum absolute atomic E-state index is 5.94. The van der Waals surface area contributed by atoms with Crippen LogP contribution in [0.25, 0.3) is 5.95 Å². The van der Waals surface area contributed by atoms with Gasteiger partial charge in [-0.05, 0) is 24.8 Å². The van der Waals surface area contributed by atoms with Crippen molar-refractivity contribution in [3.8, 4) is 5.95 Å². The summed E-state index contributed by atoms with van der Waals surface area (Å²) in [5, 5.41) is 4.12. The quantitative estimate of drug-likeness (QED) is 0.823. The van der Waals surface area contributed by atoms with E-state index in [0.29, 0.717) is 11.9 Å². The van der Waals surface area contributed by atoms with E-state index in [1.54, 1.807) is 11.8 Å². The number of aromatic nitrogens is 6. The molecule has 19 heavy (non-hydrogen) atoms. The Labute approximate surface area is 120 Å². The highest BCUT2D eigenvalue weighted by Crippen LogP contribution is 2.15. The average Bonchev–Trinajstić information content (AvgIpc) is 2.91. The van der Waals surface area contributed by atoms with Gasteiger partial charge >= 0.3 is 0 Å². The smallest absolute Gasteiger partial charge is 0.258 e. The second-order valence-corrected chi connectivity index (χ2v) is 5.21. The number of nitrogens with zero attached hydrogens (tertiary/aromatic N) is 7. The SMILES string of the molecule is CSCC(C)N(C)c1nc(Cl)nc(-n2cncn2)n1. The monoisotopic (exact) mass is 299 g/mol. The first-order valence-corrected chi connectivity index (χ1v) is 7.37.